The summed E-state index contributed by atoms with van der Waals surface area (Å²) >= 11 is 11.6. The van der Waals surface area contributed by atoms with Crippen LogP contribution in [-0.4, -0.2) is 28.0 Å². The van der Waals surface area contributed by atoms with E-state index in [-0.39, 0.29) is 16.6 Å². The smallest absolute Gasteiger partial charge is 0.290 e. The van der Waals surface area contributed by atoms with Crippen LogP contribution in [-0.2, 0) is 0 Å². The van der Waals surface area contributed by atoms with E-state index in [0.29, 0.717) is 10.6 Å². The average Bonchev–Trinajstić information content (AvgIpc) is 2.51. The van der Waals surface area contributed by atoms with Gasteiger partial charge in [0.25, 0.3) is 5.91 Å². The molecule has 0 spiro atoms. The van der Waals surface area contributed by atoms with Gasteiger partial charge in [-0.15, -0.1) is 0 Å². The number of nitrogens with zero attached hydrogens (tertiary/aromatic N) is 3. The number of pyridine rings is 1. The first-order valence-corrected chi connectivity index (χ1v) is 6.79. The molecule has 0 saturated carbocycles. The van der Waals surface area contributed by atoms with E-state index >= 15 is 0 Å². The van der Waals surface area contributed by atoms with Gasteiger partial charge in [0.2, 0.25) is 0 Å². The Morgan fingerprint density at radius 1 is 1.23 bits per heavy atom. The number of oxime groups is 1. The van der Waals surface area contributed by atoms with Crippen LogP contribution in [0.1, 0.15) is 16.1 Å². The number of carbonyl (C=O) groups is 1. The third kappa shape index (κ3) is 4.28. The van der Waals surface area contributed by atoms with E-state index in [2.05, 4.69) is 20.7 Å². The maximum Gasteiger partial charge on any atom is 0.290 e. The highest BCUT2D eigenvalue weighted by Gasteiger charge is 2.08. The number of halogens is 2. The Bertz CT molecular complexity index is 747. The average molecular weight is 337 g/mol. The van der Waals surface area contributed by atoms with Crippen LogP contribution in [0, 0.1) is 0 Å². The molecule has 1 aromatic carbocycles. The Balaban J connectivity index is 2.22. The Kier molecular flexibility index (Phi) is 5.46. The molecule has 2 N–H and O–H groups in total. The van der Waals surface area contributed by atoms with Crippen LogP contribution in [0.4, 0.5) is 0 Å². The number of hydrogen-bond acceptors (Lipinski definition) is 5. The first-order chi connectivity index (χ1) is 10.6. The van der Waals surface area contributed by atoms with Gasteiger partial charge in [-0.25, -0.2) is 10.4 Å². The van der Waals surface area contributed by atoms with Crippen molar-refractivity contribution in [3.63, 3.8) is 0 Å². The largest absolute Gasteiger partial charge is 0.411 e. The zero-order valence-electron chi connectivity index (χ0n) is 11.1. The van der Waals surface area contributed by atoms with E-state index in [1.54, 1.807) is 36.4 Å². The van der Waals surface area contributed by atoms with Gasteiger partial charge in [0.15, 0.2) is 0 Å². The second-order valence-electron chi connectivity index (χ2n) is 4.04. The number of hydrogen-bond donors (Lipinski definition) is 2. The summed E-state index contributed by atoms with van der Waals surface area (Å²) in [6.07, 6.45) is 1.08. The molecule has 0 fully saturated rings. The Morgan fingerprint density at radius 3 is 2.68 bits per heavy atom. The third-order valence-electron chi connectivity index (χ3n) is 2.53. The van der Waals surface area contributed by atoms with E-state index in [4.69, 9.17) is 28.4 Å². The van der Waals surface area contributed by atoms with Crippen LogP contribution < -0.4 is 5.43 Å². The summed E-state index contributed by atoms with van der Waals surface area (Å²) in [4.78, 5) is 15.8. The van der Waals surface area contributed by atoms with Crippen molar-refractivity contribution < 1.29 is 10.0 Å². The quantitative estimate of drug-likeness (QED) is 0.389. The Morgan fingerprint density at radius 2 is 2.00 bits per heavy atom. The summed E-state index contributed by atoms with van der Waals surface area (Å²) in [5.74, 6) is -0.548. The monoisotopic (exact) mass is 336 g/mol. The third-order valence-corrected chi connectivity index (χ3v) is 2.97. The molecule has 1 aromatic heterocycles. The van der Waals surface area contributed by atoms with Crippen LogP contribution in [0.15, 0.2) is 52.7 Å². The van der Waals surface area contributed by atoms with Gasteiger partial charge >= 0.3 is 0 Å². The molecule has 0 aliphatic heterocycles. The molecule has 0 aliphatic rings. The lowest BCUT2D eigenvalue weighted by atomic mass is 10.1. The van der Waals surface area contributed by atoms with Crippen molar-refractivity contribution in [2.75, 3.05) is 0 Å². The molecule has 1 heterocycles. The first-order valence-electron chi connectivity index (χ1n) is 6.04. The molecular formula is C14H10Cl2N4O2. The molecule has 6 nitrogen and oxygen atoms in total. The number of hydrazone groups is 1. The van der Waals surface area contributed by atoms with Crippen molar-refractivity contribution in [2.24, 2.45) is 10.3 Å². The lowest BCUT2D eigenvalue weighted by Gasteiger charge is -2.03. The molecular weight excluding hydrogens is 327 g/mol. The van der Waals surface area contributed by atoms with Crippen molar-refractivity contribution in [1.82, 2.24) is 10.4 Å². The van der Waals surface area contributed by atoms with Crippen molar-refractivity contribution in [1.29, 1.82) is 0 Å². The molecule has 2 rings (SSSR count). The van der Waals surface area contributed by atoms with E-state index in [9.17, 15) is 4.79 Å². The second kappa shape index (κ2) is 7.53. The van der Waals surface area contributed by atoms with E-state index in [1.807, 2.05) is 0 Å². The number of aromatic nitrogens is 1. The molecule has 22 heavy (non-hydrogen) atoms. The van der Waals surface area contributed by atoms with Gasteiger partial charge in [-0.2, -0.15) is 5.10 Å². The predicted octanol–water partition coefficient (Wildman–Crippen LogP) is 2.98. The normalized spacial score (nSPS) is 11.6. The number of nitrogens with one attached hydrogen (secondary N) is 1. The van der Waals surface area contributed by atoms with Gasteiger partial charge in [-0.05, 0) is 24.3 Å². The van der Waals surface area contributed by atoms with Crippen molar-refractivity contribution >= 4 is 41.0 Å². The Hall–Kier alpha value is -2.44. The SMILES string of the molecule is O=C(NN=C(C=NO)c1cccc(Cl)c1)c1cccc(Cl)n1. The summed E-state index contributed by atoms with van der Waals surface area (Å²) in [5.41, 5.74) is 3.22. The molecule has 1 amide bonds. The topological polar surface area (TPSA) is 86.9 Å². The molecule has 8 heteroatoms. The fourth-order valence-electron chi connectivity index (χ4n) is 1.57. The van der Waals surface area contributed by atoms with E-state index in [1.165, 1.54) is 6.07 Å². The summed E-state index contributed by atoms with van der Waals surface area (Å²) in [6.45, 7) is 0. The minimum atomic E-state index is -0.548. The first kappa shape index (κ1) is 15.9. The fraction of sp³-hybridized carbons (Fsp3) is 0. The number of carbonyl (C=O) groups excluding carboxylic acids is 1. The predicted molar refractivity (Wildman–Crippen MR) is 85.0 cm³/mol. The van der Waals surface area contributed by atoms with Gasteiger partial charge in [0.1, 0.15) is 16.6 Å². The van der Waals surface area contributed by atoms with Gasteiger partial charge in [-0.1, -0.05) is 46.6 Å². The van der Waals surface area contributed by atoms with Crippen molar-refractivity contribution in [2.45, 2.75) is 0 Å². The minimum Gasteiger partial charge on any atom is -0.411 e. The lowest BCUT2D eigenvalue weighted by Crippen LogP contribution is -2.21. The summed E-state index contributed by atoms with van der Waals surface area (Å²) in [6, 6.07) is 11.4. The summed E-state index contributed by atoms with van der Waals surface area (Å²) in [7, 11) is 0. The standard InChI is InChI=1S/C14H10Cl2N4O2/c15-10-4-1-3-9(7-10)12(8-17-22)19-20-14(21)11-5-2-6-13(16)18-11/h1-8,22H,(H,20,21). The maximum absolute atomic E-state index is 11.9. The fourth-order valence-corrected chi connectivity index (χ4v) is 1.93. The minimum absolute atomic E-state index is 0.114. The highest BCUT2D eigenvalue weighted by atomic mass is 35.5. The number of amides is 1. The molecule has 112 valence electrons. The lowest BCUT2D eigenvalue weighted by molar-refractivity contribution is 0.0950. The van der Waals surface area contributed by atoms with Crippen LogP contribution in [0.5, 0.6) is 0 Å². The van der Waals surface area contributed by atoms with Crippen LogP contribution in [0.2, 0.25) is 10.2 Å². The molecule has 0 aliphatic carbocycles. The Labute approximate surface area is 136 Å². The number of benzene rings is 1. The molecule has 0 radical (unpaired) electrons. The van der Waals surface area contributed by atoms with Gasteiger partial charge < -0.3 is 5.21 Å². The van der Waals surface area contributed by atoms with Crippen LogP contribution in [0.3, 0.4) is 0 Å². The van der Waals surface area contributed by atoms with Crippen molar-refractivity contribution in [3.8, 4) is 0 Å². The van der Waals surface area contributed by atoms with E-state index in [0.717, 1.165) is 6.21 Å². The summed E-state index contributed by atoms with van der Waals surface area (Å²) in [5, 5.41) is 16.2. The molecule has 0 unspecified atom stereocenters. The molecule has 0 bridgehead atoms. The molecule has 2 aromatic rings. The molecule has 0 saturated heterocycles. The summed E-state index contributed by atoms with van der Waals surface area (Å²) < 4.78 is 0. The van der Waals surface area contributed by atoms with Crippen LogP contribution >= 0.6 is 23.2 Å². The maximum atomic E-state index is 11.9. The van der Waals surface area contributed by atoms with Gasteiger partial charge in [0.05, 0.1) is 6.21 Å². The highest BCUT2D eigenvalue weighted by molar-refractivity contribution is 6.39. The van der Waals surface area contributed by atoms with Crippen LogP contribution in [0.25, 0.3) is 0 Å². The van der Waals surface area contributed by atoms with Gasteiger partial charge in [-0.3, -0.25) is 4.79 Å². The zero-order chi connectivity index (χ0) is 15.9. The second-order valence-corrected chi connectivity index (χ2v) is 4.86. The highest BCUT2D eigenvalue weighted by Crippen LogP contribution is 2.11. The van der Waals surface area contributed by atoms with E-state index < -0.39 is 5.91 Å². The van der Waals surface area contributed by atoms with Crippen molar-refractivity contribution in [3.05, 3.63) is 63.9 Å². The zero-order valence-corrected chi connectivity index (χ0v) is 12.6. The molecule has 0 atom stereocenters. The number of rotatable bonds is 4. The van der Waals surface area contributed by atoms with Gasteiger partial charge in [0, 0.05) is 10.6 Å².